The smallest absolute Gasteiger partial charge is 0.273 e. The number of nitrogens with zero attached hydrogens (tertiary/aromatic N) is 2. The molecule has 0 aromatic carbocycles. The molecule has 1 aromatic heterocycles. The fourth-order valence-corrected chi connectivity index (χ4v) is 1.16. The monoisotopic (exact) mass is 246 g/mol. The van der Waals surface area contributed by atoms with Crippen LogP contribution < -0.4 is 5.32 Å². The van der Waals surface area contributed by atoms with Crippen molar-refractivity contribution in [3.63, 3.8) is 0 Å². The first-order chi connectivity index (χ1) is 7.24. The van der Waals surface area contributed by atoms with Crippen LogP contribution in [0.5, 0.6) is 0 Å². The summed E-state index contributed by atoms with van der Waals surface area (Å²) in [5, 5.41) is 11.9. The van der Waals surface area contributed by atoms with Crippen molar-refractivity contribution >= 4 is 15.7 Å². The number of hydrogen-bond acceptors (Lipinski definition) is 5. The van der Waals surface area contributed by atoms with Gasteiger partial charge in [-0.25, -0.2) is 8.42 Å². The van der Waals surface area contributed by atoms with Crippen LogP contribution in [0.1, 0.15) is 24.3 Å². The van der Waals surface area contributed by atoms with Crippen LogP contribution in [-0.4, -0.2) is 47.3 Å². The van der Waals surface area contributed by atoms with Gasteiger partial charge in [-0.2, -0.15) is 15.4 Å². The van der Waals surface area contributed by atoms with Gasteiger partial charge in [0.25, 0.3) is 5.91 Å². The van der Waals surface area contributed by atoms with Crippen molar-refractivity contribution in [3.05, 3.63) is 11.9 Å². The number of aromatic nitrogens is 3. The largest absolute Gasteiger partial charge is 0.349 e. The van der Waals surface area contributed by atoms with E-state index in [1.807, 2.05) is 0 Å². The lowest BCUT2D eigenvalue weighted by molar-refractivity contribution is 0.0945. The molecule has 0 radical (unpaired) electrons. The maximum Gasteiger partial charge on any atom is 0.273 e. The summed E-state index contributed by atoms with van der Waals surface area (Å²) >= 11 is 0. The summed E-state index contributed by atoms with van der Waals surface area (Å²) in [6.45, 7) is 3.12. The average Bonchev–Trinajstić information content (AvgIpc) is 2.65. The van der Waals surface area contributed by atoms with E-state index in [0.29, 0.717) is 0 Å². The van der Waals surface area contributed by atoms with Crippen molar-refractivity contribution in [2.45, 2.75) is 18.6 Å². The van der Waals surface area contributed by atoms with Gasteiger partial charge in [-0.15, -0.1) is 0 Å². The first-order valence-electron chi connectivity index (χ1n) is 4.57. The molecule has 0 aliphatic rings. The fourth-order valence-electron chi connectivity index (χ4n) is 0.826. The summed E-state index contributed by atoms with van der Waals surface area (Å²) in [4.78, 5) is 11.5. The van der Waals surface area contributed by atoms with Crippen molar-refractivity contribution in [3.8, 4) is 0 Å². The first kappa shape index (κ1) is 12.6. The number of sulfone groups is 1. The van der Waals surface area contributed by atoms with Gasteiger partial charge in [-0.05, 0) is 13.8 Å². The molecule has 1 aromatic rings. The molecule has 1 amide bonds. The van der Waals surface area contributed by atoms with E-state index in [4.69, 9.17) is 0 Å². The summed E-state index contributed by atoms with van der Waals surface area (Å²) in [6, 6.07) is 0. The molecule has 0 aliphatic heterocycles. The summed E-state index contributed by atoms with van der Waals surface area (Å²) in [6.07, 6.45) is 2.40. The number of H-pyrrole nitrogens is 1. The van der Waals surface area contributed by atoms with Gasteiger partial charge in [0.05, 0.1) is 10.9 Å². The van der Waals surface area contributed by atoms with E-state index in [9.17, 15) is 13.2 Å². The number of aromatic amines is 1. The lowest BCUT2D eigenvalue weighted by Gasteiger charge is -2.22. The molecule has 0 bridgehead atoms. The Bertz CT molecular complexity index is 463. The zero-order chi connectivity index (χ0) is 12.4. The van der Waals surface area contributed by atoms with Crippen LogP contribution >= 0.6 is 0 Å². The SMILES string of the molecule is CC(C)(CNC(=O)c1cn[nH]n1)S(C)(=O)=O. The van der Waals surface area contributed by atoms with Crippen molar-refractivity contribution in [1.29, 1.82) is 0 Å². The van der Waals surface area contributed by atoms with E-state index in [0.717, 1.165) is 6.26 Å². The Morgan fingerprint density at radius 3 is 2.62 bits per heavy atom. The molecular formula is C8H14N4O3S. The van der Waals surface area contributed by atoms with Gasteiger partial charge in [0.1, 0.15) is 0 Å². The van der Waals surface area contributed by atoms with Crippen LogP contribution in [0.4, 0.5) is 0 Å². The van der Waals surface area contributed by atoms with E-state index in [2.05, 4.69) is 20.7 Å². The Morgan fingerprint density at radius 1 is 1.56 bits per heavy atom. The Labute approximate surface area is 93.5 Å². The molecule has 90 valence electrons. The van der Waals surface area contributed by atoms with Gasteiger partial charge in [0, 0.05) is 12.8 Å². The highest BCUT2D eigenvalue weighted by Crippen LogP contribution is 2.13. The summed E-state index contributed by atoms with van der Waals surface area (Å²) in [7, 11) is -3.23. The molecule has 0 unspecified atom stereocenters. The molecule has 0 saturated heterocycles. The minimum absolute atomic E-state index is 0.0253. The zero-order valence-corrected chi connectivity index (χ0v) is 10.1. The molecule has 8 heteroatoms. The number of rotatable bonds is 4. The lowest BCUT2D eigenvalue weighted by atomic mass is 10.2. The third-order valence-electron chi connectivity index (χ3n) is 2.33. The van der Waals surface area contributed by atoms with E-state index < -0.39 is 20.5 Å². The molecular weight excluding hydrogens is 232 g/mol. The summed E-state index contributed by atoms with van der Waals surface area (Å²) < 4.78 is 21.7. The maximum absolute atomic E-state index is 11.5. The number of hydrogen-bond donors (Lipinski definition) is 2. The number of carbonyl (C=O) groups excluding carboxylic acids is 1. The Balaban J connectivity index is 2.63. The van der Waals surface area contributed by atoms with E-state index in [-0.39, 0.29) is 12.2 Å². The van der Waals surface area contributed by atoms with Crippen LogP contribution in [0.2, 0.25) is 0 Å². The predicted molar refractivity (Wildman–Crippen MR) is 57.6 cm³/mol. The van der Waals surface area contributed by atoms with E-state index >= 15 is 0 Å². The molecule has 2 N–H and O–H groups in total. The molecule has 1 rings (SSSR count). The topological polar surface area (TPSA) is 105 Å². The van der Waals surface area contributed by atoms with Crippen LogP contribution in [0.15, 0.2) is 6.20 Å². The fraction of sp³-hybridized carbons (Fsp3) is 0.625. The second kappa shape index (κ2) is 4.20. The molecule has 0 fully saturated rings. The molecule has 16 heavy (non-hydrogen) atoms. The van der Waals surface area contributed by atoms with E-state index in [1.54, 1.807) is 13.8 Å². The minimum Gasteiger partial charge on any atom is -0.349 e. The van der Waals surface area contributed by atoms with Gasteiger partial charge < -0.3 is 5.32 Å². The van der Waals surface area contributed by atoms with E-state index in [1.165, 1.54) is 6.20 Å². The normalized spacial score (nSPS) is 12.4. The molecule has 0 spiro atoms. The third-order valence-corrected chi connectivity index (χ3v) is 4.48. The number of amides is 1. The van der Waals surface area contributed by atoms with Crippen molar-refractivity contribution in [1.82, 2.24) is 20.7 Å². The Kier molecular flexibility index (Phi) is 3.32. The van der Waals surface area contributed by atoms with Crippen LogP contribution in [-0.2, 0) is 9.84 Å². The van der Waals surface area contributed by atoms with Crippen LogP contribution in [0.3, 0.4) is 0 Å². The summed E-state index contributed by atoms with van der Waals surface area (Å²) in [5.74, 6) is -0.453. The van der Waals surface area contributed by atoms with Gasteiger partial charge in [0.2, 0.25) is 0 Å². The van der Waals surface area contributed by atoms with Crippen LogP contribution in [0, 0.1) is 0 Å². The van der Waals surface area contributed by atoms with Crippen molar-refractivity contribution in [2.75, 3.05) is 12.8 Å². The molecule has 0 atom stereocenters. The van der Waals surface area contributed by atoms with Crippen molar-refractivity contribution < 1.29 is 13.2 Å². The predicted octanol–water partition coefficient (Wildman–Crippen LogP) is -0.642. The molecule has 0 aliphatic carbocycles. The first-order valence-corrected chi connectivity index (χ1v) is 6.47. The molecule has 0 saturated carbocycles. The summed E-state index contributed by atoms with van der Waals surface area (Å²) in [5.41, 5.74) is 0.129. The molecule has 1 heterocycles. The highest BCUT2D eigenvalue weighted by atomic mass is 32.2. The van der Waals surface area contributed by atoms with Gasteiger partial charge in [-0.3, -0.25) is 4.79 Å². The average molecular weight is 246 g/mol. The Morgan fingerprint density at radius 2 is 2.19 bits per heavy atom. The number of nitrogens with one attached hydrogen (secondary N) is 2. The third kappa shape index (κ3) is 2.78. The second-order valence-corrected chi connectivity index (χ2v) is 6.72. The van der Waals surface area contributed by atoms with Crippen LogP contribution in [0.25, 0.3) is 0 Å². The highest BCUT2D eigenvalue weighted by molar-refractivity contribution is 7.92. The van der Waals surface area contributed by atoms with Gasteiger partial charge >= 0.3 is 0 Å². The standard InChI is InChI=1S/C8H14N4O3S/c1-8(2,16(3,14)15)5-9-7(13)6-4-10-12-11-6/h4H,5H2,1-3H3,(H,9,13)(H,10,11,12). The molecule has 7 nitrogen and oxygen atoms in total. The van der Waals surface area contributed by atoms with Gasteiger partial charge in [0.15, 0.2) is 15.5 Å². The lowest BCUT2D eigenvalue weighted by Crippen LogP contribution is -2.43. The zero-order valence-electron chi connectivity index (χ0n) is 9.31. The number of carbonyl (C=O) groups is 1. The Hall–Kier alpha value is -1.44. The van der Waals surface area contributed by atoms with Crippen molar-refractivity contribution in [2.24, 2.45) is 0 Å². The minimum atomic E-state index is -3.23. The highest BCUT2D eigenvalue weighted by Gasteiger charge is 2.30. The van der Waals surface area contributed by atoms with Gasteiger partial charge in [-0.1, -0.05) is 0 Å². The maximum atomic E-state index is 11.5. The quantitative estimate of drug-likeness (QED) is 0.735. The second-order valence-electron chi connectivity index (χ2n) is 4.07.